The van der Waals surface area contributed by atoms with Gasteiger partial charge in [0.1, 0.15) is 0 Å². The van der Waals surface area contributed by atoms with Crippen LogP contribution in [-0.4, -0.2) is 25.7 Å². The smallest absolute Gasteiger partial charge is 0.0503 e. The number of hydrogen-bond donors (Lipinski definition) is 1. The van der Waals surface area contributed by atoms with Crippen molar-refractivity contribution in [1.82, 2.24) is 5.32 Å². The average molecular weight is 393 g/mol. The molecule has 1 unspecified atom stereocenters. The Bertz CT molecular complexity index is 423. The van der Waals surface area contributed by atoms with Crippen molar-refractivity contribution >= 4 is 39.9 Å². The van der Waals surface area contributed by atoms with Crippen LogP contribution in [0.5, 0.6) is 0 Å². The number of halogens is 2. The summed E-state index contributed by atoms with van der Waals surface area (Å²) in [7, 11) is 0. The Labute approximate surface area is 135 Å². The minimum Gasteiger partial charge on any atom is -0.369 e. The van der Waals surface area contributed by atoms with Crippen LogP contribution >= 0.6 is 34.2 Å². The van der Waals surface area contributed by atoms with Crippen LogP contribution in [-0.2, 0) is 0 Å². The molecule has 106 valence electrons. The van der Waals surface area contributed by atoms with Crippen LogP contribution in [0, 0.1) is 9.49 Å². The first-order valence-corrected chi connectivity index (χ1v) is 8.45. The molecule has 2 nitrogen and oxygen atoms in total. The second-order valence-corrected chi connectivity index (χ2v) is 7.27. The Morgan fingerprint density at radius 1 is 1.47 bits per heavy atom. The van der Waals surface area contributed by atoms with Gasteiger partial charge in [-0.1, -0.05) is 25.4 Å². The van der Waals surface area contributed by atoms with Gasteiger partial charge in [0.2, 0.25) is 0 Å². The summed E-state index contributed by atoms with van der Waals surface area (Å²) in [6.07, 6.45) is 2.44. The Morgan fingerprint density at radius 3 is 2.95 bits per heavy atom. The van der Waals surface area contributed by atoms with Gasteiger partial charge < -0.3 is 10.2 Å². The van der Waals surface area contributed by atoms with Crippen molar-refractivity contribution in [2.24, 2.45) is 5.92 Å². The fraction of sp³-hybridized carbons (Fsp3) is 0.600. The fourth-order valence-corrected chi connectivity index (χ4v) is 3.89. The van der Waals surface area contributed by atoms with Crippen LogP contribution in [0.4, 0.5) is 5.69 Å². The number of nitrogens with one attached hydrogen (secondary N) is 1. The van der Waals surface area contributed by atoms with Crippen LogP contribution in [0.3, 0.4) is 0 Å². The van der Waals surface area contributed by atoms with Crippen molar-refractivity contribution in [3.05, 3.63) is 26.8 Å². The largest absolute Gasteiger partial charge is 0.369 e. The van der Waals surface area contributed by atoms with Gasteiger partial charge in [0.15, 0.2) is 0 Å². The maximum Gasteiger partial charge on any atom is 0.0503 e. The summed E-state index contributed by atoms with van der Waals surface area (Å²) < 4.78 is 1.25. The Kier molecular flexibility index (Phi) is 5.78. The van der Waals surface area contributed by atoms with Crippen LogP contribution in [0.2, 0.25) is 5.02 Å². The van der Waals surface area contributed by atoms with E-state index in [1.54, 1.807) is 0 Å². The molecule has 4 heteroatoms. The lowest BCUT2D eigenvalue weighted by molar-refractivity contribution is 0.436. The van der Waals surface area contributed by atoms with Gasteiger partial charge in [0.05, 0.1) is 5.69 Å². The van der Waals surface area contributed by atoms with E-state index in [4.69, 9.17) is 11.6 Å². The van der Waals surface area contributed by atoms with Crippen LogP contribution in [0.25, 0.3) is 0 Å². The number of nitrogens with zero attached hydrogens (tertiary/aromatic N) is 1. The molecule has 0 spiro atoms. The second-order valence-electron chi connectivity index (χ2n) is 5.68. The van der Waals surface area contributed by atoms with Crippen LogP contribution < -0.4 is 10.2 Å². The summed E-state index contributed by atoms with van der Waals surface area (Å²) in [6.45, 7) is 7.93. The summed E-state index contributed by atoms with van der Waals surface area (Å²) in [4.78, 5) is 2.51. The predicted molar refractivity (Wildman–Crippen MR) is 92.2 cm³/mol. The highest BCUT2D eigenvalue weighted by Gasteiger charge is 2.20. The zero-order valence-electron chi connectivity index (χ0n) is 11.6. The quantitative estimate of drug-likeness (QED) is 0.777. The summed E-state index contributed by atoms with van der Waals surface area (Å²) >= 11 is 8.44. The van der Waals surface area contributed by atoms with E-state index in [1.165, 1.54) is 22.1 Å². The third-order valence-electron chi connectivity index (χ3n) is 3.48. The van der Waals surface area contributed by atoms with Gasteiger partial charge in [-0.2, -0.15) is 0 Å². The lowest BCUT2D eigenvalue weighted by atomic mass is 10.0. The van der Waals surface area contributed by atoms with Gasteiger partial charge in [-0.25, -0.2) is 0 Å². The van der Waals surface area contributed by atoms with E-state index < -0.39 is 0 Å². The lowest BCUT2D eigenvalue weighted by Gasteiger charge is -2.28. The van der Waals surface area contributed by atoms with Crippen molar-refractivity contribution in [1.29, 1.82) is 0 Å². The standard InChI is InChI=1S/C15H22ClIN2/c1-11(2)8-13-10-19(7-3-6-18-13)15-5-4-12(16)9-14(15)17/h4-5,9,11,13,18H,3,6-8,10H2,1-2H3. The highest BCUT2D eigenvalue weighted by molar-refractivity contribution is 14.1. The number of rotatable bonds is 3. The molecule has 0 bridgehead atoms. The SMILES string of the molecule is CC(C)CC1CN(c2ccc(Cl)cc2I)CCCN1. The molecule has 1 aromatic carbocycles. The lowest BCUT2D eigenvalue weighted by Crippen LogP contribution is -2.38. The summed E-state index contributed by atoms with van der Waals surface area (Å²) in [5, 5.41) is 4.49. The topological polar surface area (TPSA) is 15.3 Å². The van der Waals surface area contributed by atoms with Crippen molar-refractivity contribution in [2.45, 2.75) is 32.7 Å². The molecule has 2 rings (SSSR count). The first-order valence-electron chi connectivity index (χ1n) is 6.99. The number of benzene rings is 1. The molecule has 1 heterocycles. The van der Waals surface area contributed by atoms with Gasteiger partial charge in [-0.15, -0.1) is 0 Å². The first kappa shape index (κ1) is 15.4. The molecule has 0 aromatic heterocycles. The van der Waals surface area contributed by atoms with Crippen molar-refractivity contribution in [3.63, 3.8) is 0 Å². The average Bonchev–Trinajstić information content (AvgIpc) is 2.53. The molecule has 0 amide bonds. The zero-order chi connectivity index (χ0) is 13.8. The minimum atomic E-state index is 0.592. The Hall–Kier alpha value is -0.0000000000000000763. The summed E-state index contributed by atoms with van der Waals surface area (Å²) in [6, 6.07) is 6.79. The van der Waals surface area contributed by atoms with E-state index in [1.807, 2.05) is 12.1 Å². The molecular weight excluding hydrogens is 371 g/mol. The number of anilines is 1. The van der Waals surface area contributed by atoms with E-state index in [2.05, 4.69) is 52.7 Å². The summed E-state index contributed by atoms with van der Waals surface area (Å²) in [5.41, 5.74) is 1.32. The third kappa shape index (κ3) is 4.50. The molecule has 1 aliphatic rings. The van der Waals surface area contributed by atoms with Crippen LogP contribution in [0.1, 0.15) is 26.7 Å². The van der Waals surface area contributed by atoms with Gasteiger partial charge >= 0.3 is 0 Å². The highest BCUT2D eigenvalue weighted by Crippen LogP contribution is 2.27. The molecule has 1 saturated heterocycles. The van der Waals surface area contributed by atoms with Crippen molar-refractivity contribution in [3.8, 4) is 0 Å². The monoisotopic (exact) mass is 392 g/mol. The first-order chi connectivity index (χ1) is 9.06. The zero-order valence-corrected chi connectivity index (χ0v) is 14.5. The van der Waals surface area contributed by atoms with E-state index in [9.17, 15) is 0 Å². The van der Waals surface area contributed by atoms with Gasteiger partial charge in [-0.05, 0) is 66.1 Å². The molecule has 19 heavy (non-hydrogen) atoms. The Balaban J connectivity index is 2.13. The Morgan fingerprint density at radius 2 is 2.26 bits per heavy atom. The maximum absolute atomic E-state index is 6.05. The minimum absolute atomic E-state index is 0.592. The molecule has 0 aliphatic carbocycles. The van der Waals surface area contributed by atoms with Gasteiger partial charge in [0.25, 0.3) is 0 Å². The number of hydrogen-bond acceptors (Lipinski definition) is 2. The third-order valence-corrected chi connectivity index (χ3v) is 4.58. The molecule has 1 N–H and O–H groups in total. The van der Waals surface area contributed by atoms with E-state index in [-0.39, 0.29) is 0 Å². The van der Waals surface area contributed by atoms with E-state index in [0.29, 0.717) is 6.04 Å². The van der Waals surface area contributed by atoms with E-state index >= 15 is 0 Å². The van der Waals surface area contributed by atoms with Crippen molar-refractivity contribution < 1.29 is 0 Å². The molecule has 0 radical (unpaired) electrons. The summed E-state index contributed by atoms with van der Waals surface area (Å²) in [5.74, 6) is 0.738. The maximum atomic E-state index is 6.05. The second kappa shape index (κ2) is 7.14. The van der Waals surface area contributed by atoms with Crippen molar-refractivity contribution in [2.75, 3.05) is 24.5 Å². The molecule has 0 saturated carbocycles. The molecule has 1 fully saturated rings. The molecule has 1 aliphatic heterocycles. The normalized spacial score (nSPS) is 20.7. The molecule has 1 aromatic rings. The fourth-order valence-electron chi connectivity index (χ4n) is 2.68. The van der Waals surface area contributed by atoms with Gasteiger partial charge in [0, 0.05) is 27.7 Å². The predicted octanol–water partition coefficient (Wildman–Crippen LogP) is 4.16. The van der Waals surface area contributed by atoms with Crippen LogP contribution in [0.15, 0.2) is 18.2 Å². The van der Waals surface area contributed by atoms with E-state index in [0.717, 1.165) is 30.6 Å². The molecular formula is C15H22ClIN2. The highest BCUT2D eigenvalue weighted by atomic mass is 127. The molecule has 1 atom stereocenters. The van der Waals surface area contributed by atoms with Gasteiger partial charge in [-0.3, -0.25) is 0 Å².